The quantitative estimate of drug-likeness (QED) is 0.0299. The molecular formula is C69H78N6O8S2. The Morgan fingerprint density at radius 3 is 1.47 bits per heavy atom. The Balaban J connectivity index is 0.701. The van der Waals surface area contributed by atoms with Crippen LogP contribution in [-0.2, 0) is 65.3 Å². The minimum absolute atomic E-state index is 0.247. The van der Waals surface area contributed by atoms with Crippen molar-refractivity contribution in [2.45, 2.75) is 101 Å². The van der Waals surface area contributed by atoms with Gasteiger partial charge in [-0.2, -0.15) is 0 Å². The van der Waals surface area contributed by atoms with Crippen LogP contribution in [0.5, 0.6) is 11.5 Å². The van der Waals surface area contributed by atoms with Crippen LogP contribution in [0, 0.1) is 5.92 Å². The van der Waals surface area contributed by atoms with E-state index in [0.29, 0.717) is 71.6 Å². The van der Waals surface area contributed by atoms with E-state index in [1.165, 1.54) is 0 Å². The average molecular weight is 1180 g/mol. The Labute approximate surface area is 505 Å². The van der Waals surface area contributed by atoms with Gasteiger partial charge >= 0.3 is 0 Å². The summed E-state index contributed by atoms with van der Waals surface area (Å²) in [4.78, 5) is 36.1. The van der Waals surface area contributed by atoms with Crippen molar-refractivity contribution in [3.63, 3.8) is 0 Å². The number of ether oxygens (including phenoxy) is 4. The van der Waals surface area contributed by atoms with Gasteiger partial charge in [0.2, 0.25) is 11.8 Å². The minimum atomic E-state index is -1.31. The summed E-state index contributed by atoms with van der Waals surface area (Å²) in [5.74, 6) is 2.11. The molecule has 2 N–H and O–H groups in total. The van der Waals surface area contributed by atoms with Crippen LogP contribution in [0.3, 0.4) is 0 Å². The molecule has 6 aromatic carbocycles. The third-order valence-corrected chi connectivity index (χ3v) is 16.9. The van der Waals surface area contributed by atoms with Crippen molar-refractivity contribution in [2.75, 3.05) is 50.3 Å². The first-order valence-electron chi connectivity index (χ1n) is 29.2. The molecule has 14 nitrogen and oxygen atoms in total. The molecule has 0 radical (unpaired) electrons. The molecule has 2 unspecified atom stereocenters. The van der Waals surface area contributed by atoms with E-state index in [0.717, 1.165) is 119 Å². The number of imidazole rings is 2. The van der Waals surface area contributed by atoms with Gasteiger partial charge in [-0.05, 0) is 175 Å². The molecule has 0 saturated carbocycles. The van der Waals surface area contributed by atoms with E-state index in [2.05, 4.69) is 64.1 Å². The van der Waals surface area contributed by atoms with Gasteiger partial charge in [-0.25, -0.2) is 9.97 Å². The Morgan fingerprint density at radius 1 is 0.541 bits per heavy atom. The van der Waals surface area contributed by atoms with Crippen molar-refractivity contribution >= 4 is 55.9 Å². The van der Waals surface area contributed by atoms with Gasteiger partial charge in [0.25, 0.3) is 0 Å². The number of hydrogen-bond donors (Lipinski definition) is 2. The van der Waals surface area contributed by atoms with Crippen molar-refractivity contribution in [1.82, 2.24) is 19.1 Å². The number of amides is 2. The first-order chi connectivity index (χ1) is 41.4. The fraction of sp³-hybridized carbons (Fsp3) is 0.304. The number of nitrogens with zero attached hydrogens (tertiary/aromatic N) is 4. The predicted octanol–water partition coefficient (Wildman–Crippen LogP) is 14.2. The zero-order valence-corrected chi connectivity index (χ0v) is 51.0. The summed E-state index contributed by atoms with van der Waals surface area (Å²) >= 11 is 0. The SMILES string of the molecule is CCCCOCCOc1ccc(-c2cccc(/C(C)=C/C(=O)Nc3ccc(S(=O)Cc4cncn4CC(C)CCCOCCOc4ccc(-c5cccc(/C(C)=C/C(=O)Nc6ccc([S@](=O)Cc7cncn7CCC)cc6)c5)cc4)cc3)c2)cc1. The molecule has 2 heterocycles. The van der Waals surface area contributed by atoms with Crippen LogP contribution in [0.25, 0.3) is 33.4 Å². The molecule has 0 bridgehead atoms. The molecule has 0 aliphatic heterocycles. The van der Waals surface area contributed by atoms with Crippen LogP contribution < -0.4 is 20.1 Å². The second-order valence-corrected chi connectivity index (χ2v) is 23.9. The maximum atomic E-state index is 13.5. The number of allylic oxidation sites excluding steroid dienone is 2. The topological polar surface area (TPSA) is 165 Å². The lowest BCUT2D eigenvalue weighted by Crippen LogP contribution is -2.12. The Bertz CT molecular complexity index is 3520. The van der Waals surface area contributed by atoms with Gasteiger partial charge in [0, 0.05) is 72.0 Å². The lowest BCUT2D eigenvalue weighted by Gasteiger charge is -2.15. The highest BCUT2D eigenvalue weighted by Crippen LogP contribution is 2.29. The normalized spacial score (nSPS) is 12.8. The summed E-state index contributed by atoms with van der Waals surface area (Å²) in [7, 11) is -2.55. The molecular weight excluding hydrogens is 1100 g/mol. The van der Waals surface area contributed by atoms with E-state index in [9.17, 15) is 18.0 Å². The number of anilines is 2. The van der Waals surface area contributed by atoms with Gasteiger partial charge in [0.1, 0.15) is 24.7 Å². The first-order valence-corrected chi connectivity index (χ1v) is 31.8. The number of carbonyl (C=O) groups excluding carboxylic acids is 2. The lowest BCUT2D eigenvalue weighted by atomic mass is 9.99. The zero-order chi connectivity index (χ0) is 59.8. The van der Waals surface area contributed by atoms with Crippen LogP contribution in [-0.4, -0.2) is 79.0 Å². The van der Waals surface area contributed by atoms with Crippen LogP contribution in [0.2, 0.25) is 0 Å². The van der Waals surface area contributed by atoms with Gasteiger partial charge < -0.3 is 38.7 Å². The molecule has 8 rings (SSSR count). The summed E-state index contributed by atoms with van der Waals surface area (Å²) < 4.78 is 54.1. The highest BCUT2D eigenvalue weighted by molar-refractivity contribution is 7.84. The largest absolute Gasteiger partial charge is 0.491 e. The number of aromatic nitrogens is 4. The van der Waals surface area contributed by atoms with E-state index in [1.54, 1.807) is 85.7 Å². The number of benzene rings is 6. The standard InChI is InChI=1S/C69H78N6O8S2/c1-6-8-34-80-36-38-82-64-25-17-54(18-26-64)58-15-9-13-56(42-58)53(5)41-69(77)73-61-23-31-67(32-24-61)85(79)48-63-45-71-50-75(63)46-51(3)12-11-35-81-37-39-83-65-27-19-55(20-28-65)59-16-10-14-57(43-59)52(4)40-68(76)72-60-21-29-66(30-22-60)84(78)47-62-44-70-49-74(62)33-7-2/h9-10,13-32,40-45,49-51H,6-8,11-12,33-39,46-48H2,1-5H3,(H,72,76)(H,73,77)/b52-40+,53-41+/t51?,84-,85?/m1/s1. The summed E-state index contributed by atoms with van der Waals surface area (Å²) in [6.45, 7) is 15.2. The Morgan fingerprint density at radius 2 is 1.00 bits per heavy atom. The summed E-state index contributed by atoms with van der Waals surface area (Å²) in [6.07, 6.45) is 15.3. The van der Waals surface area contributed by atoms with Gasteiger partial charge in [-0.3, -0.25) is 18.0 Å². The fourth-order valence-corrected chi connectivity index (χ4v) is 11.7. The molecule has 16 heteroatoms. The number of nitrogens with one attached hydrogen (secondary N) is 2. The Hall–Kier alpha value is -8.02. The van der Waals surface area contributed by atoms with Gasteiger partial charge in [-0.1, -0.05) is 87.9 Å². The van der Waals surface area contributed by atoms with Crippen molar-refractivity contribution < 1.29 is 37.0 Å². The minimum Gasteiger partial charge on any atom is -0.491 e. The summed E-state index contributed by atoms with van der Waals surface area (Å²) in [5.41, 5.74) is 10.7. The summed E-state index contributed by atoms with van der Waals surface area (Å²) in [6, 6.07) is 46.4. The smallest absolute Gasteiger partial charge is 0.248 e. The lowest BCUT2D eigenvalue weighted by molar-refractivity contribution is -0.112. The first kappa shape index (κ1) is 63.0. The number of hydrogen-bond acceptors (Lipinski definition) is 10. The second-order valence-electron chi connectivity index (χ2n) is 21.0. The third kappa shape index (κ3) is 19.8. The molecule has 0 fully saturated rings. The van der Waals surface area contributed by atoms with E-state index < -0.39 is 21.6 Å². The Kier molecular flexibility index (Phi) is 24.4. The molecule has 0 aliphatic carbocycles. The van der Waals surface area contributed by atoms with E-state index >= 15 is 0 Å². The second kappa shape index (κ2) is 32.9. The molecule has 0 saturated heterocycles. The summed E-state index contributed by atoms with van der Waals surface area (Å²) in [5, 5.41) is 5.88. The molecule has 2 amide bonds. The van der Waals surface area contributed by atoms with Crippen molar-refractivity contribution in [3.05, 3.63) is 205 Å². The molecule has 85 heavy (non-hydrogen) atoms. The van der Waals surface area contributed by atoms with E-state index in [-0.39, 0.29) is 11.8 Å². The number of carbonyl (C=O) groups is 2. The number of rotatable bonds is 33. The zero-order valence-electron chi connectivity index (χ0n) is 49.4. The maximum absolute atomic E-state index is 13.5. The predicted molar refractivity (Wildman–Crippen MR) is 342 cm³/mol. The van der Waals surface area contributed by atoms with Crippen LogP contribution in [0.4, 0.5) is 11.4 Å². The highest BCUT2D eigenvalue weighted by atomic mass is 32.2. The molecule has 3 atom stereocenters. The van der Waals surface area contributed by atoms with Gasteiger partial charge in [0.05, 0.1) is 70.4 Å². The van der Waals surface area contributed by atoms with Crippen LogP contribution in [0.15, 0.2) is 193 Å². The highest BCUT2D eigenvalue weighted by Gasteiger charge is 2.15. The van der Waals surface area contributed by atoms with Gasteiger partial charge in [-0.15, -0.1) is 0 Å². The van der Waals surface area contributed by atoms with Crippen LogP contribution in [0.1, 0.15) is 89.2 Å². The monoisotopic (exact) mass is 1180 g/mol. The van der Waals surface area contributed by atoms with Crippen molar-refractivity contribution in [2.24, 2.45) is 5.92 Å². The number of aryl methyl sites for hydroxylation is 1. The van der Waals surface area contributed by atoms with E-state index in [1.807, 2.05) is 97.3 Å². The van der Waals surface area contributed by atoms with Crippen molar-refractivity contribution in [3.8, 4) is 33.8 Å². The fourth-order valence-electron chi connectivity index (χ4n) is 9.50. The molecule has 2 aromatic heterocycles. The average Bonchev–Trinajstić information content (AvgIpc) is 4.27. The molecule has 8 aromatic rings. The maximum Gasteiger partial charge on any atom is 0.248 e. The molecule has 444 valence electrons. The third-order valence-electron chi connectivity index (χ3n) is 14.2. The molecule has 0 aliphatic rings. The van der Waals surface area contributed by atoms with E-state index in [4.69, 9.17) is 18.9 Å². The van der Waals surface area contributed by atoms with Gasteiger partial charge in [0.15, 0.2) is 0 Å². The van der Waals surface area contributed by atoms with Crippen molar-refractivity contribution in [1.29, 1.82) is 0 Å². The number of unbranched alkanes of at least 4 members (excludes halogenated alkanes) is 1. The molecule has 0 spiro atoms. The van der Waals surface area contributed by atoms with Crippen LogP contribution >= 0.6 is 0 Å².